The zero-order valence-corrected chi connectivity index (χ0v) is 18.1. The first-order valence-corrected chi connectivity index (χ1v) is 10.3. The van der Waals surface area contributed by atoms with E-state index in [1.165, 1.54) is 31.4 Å². The summed E-state index contributed by atoms with van der Waals surface area (Å²) in [5.41, 5.74) is 0.537. The molecular weight excluding hydrogens is 460 g/mol. The highest BCUT2D eigenvalue weighted by atomic mass is 16.7. The van der Waals surface area contributed by atoms with E-state index in [1.54, 1.807) is 0 Å². The maximum Gasteiger partial charge on any atom is 0.331 e. The SMILES string of the molecule is COc1cc(/C=C/C(=O)O[C@@H]2CO[C@H](OC[C@H]3O[C@H](O)[C@H](O)[C@@H](O)[C@@H]3O)[C@H](O)[C@H]2O)ccc1O. The highest BCUT2D eigenvalue weighted by Gasteiger charge is 2.45. The fourth-order valence-electron chi connectivity index (χ4n) is 3.43. The maximum absolute atomic E-state index is 12.1. The van der Waals surface area contributed by atoms with Gasteiger partial charge in [-0.05, 0) is 23.8 Å². The predicted octanol–water partition coefficient (Wildman–Crippen LogP) is -2.78. The van der Waals surface area contributed by atoms with Crippen molar-refractivity contribution in [2.45, 2.75) is 55.3 Å². The van der Waals surface area contributed by atoms with Crippen molar-refractivity contribution in [3.63, 3.8) is 0 Å². The van der Waals surface area contributed by atoms with Crippen LogP contribution in [-0.4, -0.2) is 117 Å². The molecule has 0 aromatic heterocycles. The van der Waals surface area contributed by atoms with E-state index in [0.29, 0.717) is 5.56 Å². The third kappa shape index (κ3) is 6.02. The van der Waals surface area contributed by atoms with E-state index in [9.17, 15) is 40.5 Å². The van der Waals surface area contributed by atoms with E-state index < -0.39 is 67.9 Å². The molecule has 0 unspecified atom stereocenters. The molecule has 9 atom stereocenters. The van der Waals surface area contributed by atoms with Crippen LogP contribution in [0, 0.1) is 0 Å². The monoisotopic (exact) mass is 488 g/mol. The van der Waals surface area contributed by atoms with E-state index >= 15 is 0 Å². The summed E-state index contributed by atoms with van der Waals surface area (Å²) in [6.45, 7) is -0.784. The van der Waals surface area contributed by atoms with Crippen LogP contribution in [0.3, 0.4) is 0 Å². The molecule has 0 bridgehead atoms. The van der Waals surface area contributed by atoms with Gasteiger partial charge in [-0.25, -0.2) is 4.79 Å². The number of hydrogen-bond acceptors (Lipinski definition) is 13. The number of methoxy groups -OCH3 is 1. The Morgan fingerprint density at radius 2 is 1.79 bits per heavy atom. The quantitative estimate of drug-likeness (QED) is 0.153. The van der Waals surface area contributed by atoms with Gasteiger partial charge < -0.3 is 59.4 Å². The van der Waals surface area contributed by atoms with Crippen molar-refractivity contribution in [1.82, 2.24) is 0 Å². The minimum absolute atomic E-state index is 0.0648. The number of carbonyl (C=O) groups is 1. The molecule has 2 aliphatic rings. The minimum Gasteiger partial charge on any atom is -0.504 e. The molecule has 0 amide bonds. The minimum atomic E-state index is -1.76. The van der Waals surface area contributed by atoms with Gasteiger partial charge in [0.15, 0.2) is 30.2 Å². The van der Waals surface area contributed by atoms with Crippen LogP contribution in [0.15, 0.2) is 24.3 Å². The number of rotatable bonds is 7. The van der Waals surface area contributed by atoms with Gasteiger partial charge in [0.1, 0.15) is 36.6 Å². The van der Waals surface area contributed by atoms with Crippen LogP contribution in [0.2, 0.25) is 0 Å². The Morgan fingerprint density at radius 1 is 1.06 bits per heavy atom. The van der Waals surface area contributed by atoms with Crippen LogP contribution in [0.25, 0.3) is 6.08 Å². The van der Waals surface area contributed by atoms with Crippen molar-refractivity contribution < 1.29 is 64.2 Å². The lowest BCUT2D eigenvalue weighted by Crippen LogP contribution is -2.60. The Balaban J connectivity index is 1.50. The Morgan fingerprint density at radius 3 is 2.50 bits per heavy atom. The average molecular weight is 488 g/mol. The zero-order valence-electron chi connectivity index (χ0n) is 18.1. The Kier molecular flexibility index (Phi) is 8.81. The summed E-state index contributed by atoms with van der Waals surface area (Å²) in [5.74, 6) is -0.677. The van der Waals surface area contributed by atoms with E-state index in [1.807, 2.05) is 0 Å². The van der Waals surface area contributed by atoms with Crippen LogP contribution in [0.5, 0.6) is 11.5 Å². The zero-order chi connectivity index (χ0) is 25.0. The molecule has 2 aliphatic heterocycles. The molecular formula is C21H28O13. The first-order valence-electron chi connectivity index (χ1n) is 10.3. The molecule has 0 aliphatic carbocycles. The largest absolute Gasteiger partial charge is 0.504 e. The first kappa shape index (κ1) is 26.3. The highest BCUT2D eigenvalue weighted by molar-refractivity contribution is 5.87. The van der Waals surface area contributed by atoms with E-state index in [4.69, 9.17) is 23.7 Å². The van der Waals surface area contributed by atoms with Gasteiger partial charge in [-0.3, -0.25) is 0 Å². The number of aliphatic hydroxyl groups excluding tert-OH is 6. The summed E-state index contributed by atoms with van der Waals surface area (Å²) in [7, 11) is 1.38. The number of carbonyl (C=O) groups excluding carboxylic acids is 1. The van der Waals surface area contributed by atoms with Gasteiger partial charge in [-0.1, -0.05) is 6.07 Å². The third-order valence-electron chi connectivity index (χ3n) is 5.43. The molecule has 1 aromatic carbocycles. The van der Waals surface area contributed by atoms with E-state index in [0.717, 1.165) is 6.08 Å². The molecule has 34 heavy (non-hydrogen) atoms. The number of aliphatic hydroxyl groups is 6. The van der Waals surface area contributed by atoms with Gasteiger partial charge in [-0.15, -0.1) is 0 Å². The van der Waals surface area contributed by atoms with Gasteiger partial charge in [0.25, 0.3) is 0 Å². The molecule has 2 saturated heterocycles. The van der Waals surface area contributed by atoms with Gasteiger partial charge in [0.05, 0.1) is 20.3 Å². The number of ether oxygens (including phenoxy) is 5. The van der Waals surface area contributed by atoms with Gasteiger partial charge in [0, 0.05) is 6.08 Å². The normalized spacial score (nSPS) is 36.4. The summed E-state index contributed by atoms with van der Waals surface area (Å²) < 4.78 is 25.6. The van der Waals surface area contributed by atoms with Crippen molar-refractivity contribution in [2.75, 3.05) is 20.3 Å². The van der Waals surface area contributed by atoms with Gasteiger partial charge in [0.2, 0.25) is 0 Å². The topological polar surface area (TPSA) is 205 Å². The van der Waals surface area contributed by atoms with Crippen molar-refractivity contribution in [1.29, 1.82) is 0 Å². The first-order chi connectivity index (χ1) is 16.1. The van der Waals surface area contributed by atoms with Crippen LogP contribution >= 0.6 is 0 Å². The molecule has 13 nitrogen and oxygen atoms in total. The number of phenolic OH excluding ortho intramolecular Hbond substituents is 1. The number of phenols is 1. The lowest BCUT2D eigenvalue weighted by molar-refractivity contribution is -0.312. The van der Waals surface area contributed by atoms with Crippen molar-refractivity contribution >= 4 is 12.0 Å². The lowest BCUT2D eigenvalue weighted by atomic mass is 9.99. The number of benzene rings is 1. The second kappa shape index (κ2) is 11.4. The molecule has 7 N–H and O–H groups in total. The second-order valence-electron chi connectivity index (χ2n) is 7.79. The number of esters is 1. The van der Waals surface area contributed by atoms with Crippen molar-refractivity contribution in [2.24, 2.45) is 0 Å². The molecule has 1 aromatic rings. The molecule has 13 heteroatoms. The fraction of sp³-hybridized carbons (Fsp3) is 0.571. The molecule has 3 rings (SSSR count). The Bertz CT molecular complexity index is 861. The molecule has 0 saturated carbocycles. The maximum atomic E-state index is 12.1. The second-order valence-corrected chi connectivity index (χ2v) is 7.79. The lowest BCUT2D eigenvalue weighted by Gasteiger charge is -2.40. The Hall–Kier alpha value is -2.33. The molecule has 2 heterocycles. The van der Waals surface area contributed by atoms with Crippen LogP contribution in [-0.2, 0) is 23.7 Å². The van der Waals surface area contributed by atoms with E-state index in [-0.39, 0.29) is 18.1 Å². The van der Waals surface area contributed by atoms with Crippen LogP contribution in [0.1, 0.15) is 5.56 Å². The van der Waals surface area contributed by atoms with E-state index in [2.05, 4.69) is 0 Å². The summed E-state index contributed by atoms with van der Waals surface area (Å²) in [6.07, 6.45) is -11.3. The average Bonchev–Trinajstić information content (AvgIpc) is 2.82. The summed E-state index contributed by atoms with van der Waals surface area (Å²) >= 11 is 0. The summed E-state index contributed by atoms with van der Waals surface area (Å²) in [4.78, 5) is 12.1. The fourth-order valence-corrected chi connectivity index (χ4v) is 3.43. The summed E-state index contributed by atoms with van der Waals surface area (Å²) in [5, 5.41) is 68.8. The van der Waals surface area contributed by atoms with Gasteiger partial charge >= 0.3 is 5.97 Å². The number of aromatic hydroxyl groups is 1. The van der Waals surface area contributed by atoms with Crippen molar-refractivity contribution in [3.05, 3.63) is 29.8 Å². The van der Waals surface area contributed by atoms with Crippen molar-refractivity contribution in [3.8, 4) is 11.5 Å². The molecule has 0 spiro atoms. The third-order valence-corrected chi connectivity index (χ3v) is 5.43. The molecule has 0 radical (unpaired) electrons. The molecule has 190 valence electrons. The van der Waals surface area contributed by atoms with Gasteiger partial charge in [-0.2, -0.15) is 0 Å². The summed E-state index contributed by atoms with van der Waals surface area (Å²) in [6, 6.07) is 4.42. The van der Waals surface area contributed by atoms with Crippen LogP contribution < -0.4 is 4.74 Å². The number of hydrogen-bond donors (Lipinski definition) is 7. The molecule has 2 fully saturated rings. The Labute approximate surface area is 193 Å². The van der Waals surface area contributed by atoms with Crippen LogP contribution in [0.4, 0.5) is 0 Å². The smallest absolute Gasteiger partial charge is 0.331 e. The predicted molar refractivity (Wildman–Crippen MR) is 110 cm³/mol. The standard InChI is InChI=1S/C21H28O13/c1-30-11-6-9(2-4-10(11)22)3-5-14(23)33-12-7-31-21(19(28)16(12)25)32-8-13-15(24)17(26)18(27)20(29)34-13/h2-6,12-13,15-22,24-29H,7-8H2,1H3/b5-3+/t12-,13-,15-,16+,17+,18-,19-,20+,21-/m1/s1. The highest BCUT2D eigenvalue weighted by Crippen LogP contribution is 2.27.